The molecule has 0 amide bonds. The van der Waals surface area contributed by atoms with Crippen LogP contribution in [0.3, 0.4) is 0 Å². The van der Waals surface area contributed by atoms with Gasteiger partial charge in [0.15, 0.2) is 5.75 Å². The lowest BCUT2D eigenvalue weighted by Gasteiger charge is -2.12. The van der Waals surface area contributed by atoms with E-state index in [1.165, 1.54) is 6.20 Å². The van der Waals surface area contributed by atoms with Crippen LogP contribution in [0.15, 0.2) is 12.4 Å². The Morgan fingerprint density at radius 1 is 1.50 bits per heavy atom. The summed E-state index contributed by atoms with van der Waals surface area (Å²) >= 11 is 2.02. The highest BCUT2D eigenvalue weighted by Gasteiger charge is 2.25. The minimum atomic E-state index is -3.30. The van der Waals surface area contributed by atoms with Crippen LogP contribution >= 0.6 is 22.6 Å². The number of nitrogens with zero attached hydrogens (tertiary/aromatic N) is 1. The minimum absolute atomic E-state index is 0.208. The summed E-state index contributed by atoms with van der Waals surface area (Å²) < 4.78 is 31.2. The molecule has 0 spiro atoms. The molecule has 1 aromatic heterocycles. The molecule has 1 aliphatic carbocycles. The number of pyridine rings is 1. The van der Waals surface area contributed by atoms with Crippen molar-refractivity contribution in [2.24, 2.45) is 0 Å². The quantitative estimate of drug-likeness (QED) is 0.834. The second kappa shape index (κ2) is 4.36. The van der Waals surface area contributed by atoms with Gasteiger partial charge in [0.05, 0.1) is 22.1 Å². The van der Waals surface area contributed by atoms with Crippen LogP contribution in [0, 0.1) is 3.57 Å². The average Bonchev–Trinajstić information content (AvgIpc) is 2.93. The molecule has 1 saturated carbocycles. The molecule has 88 valence electrons. The first-order valence-electron chi connectivity index (χ1n) is 4.73. The van der Waals surface area contributed by atoms with Gasteiger partial charge < -0.3 is 4.74 Å². The van der Waals surface area contributed by atoms with Gasteiger partial charge in [-0.25, -0.2) is 8.42 Å². The number of nitrogens with one attached hydrogen (secondary N) is 1. The number of halogens is 1. The first-order chi connectivity index (χ1) is 7.46. The summed E-state index contributed by atoms with van der Waals surface area (Å²) in [5, 5.41) is 0. The Hall–Kier alpha value is -0.570. The van der Waals surface area contributed by atoms with Crippen molar-refractivity contribution in [1.29, 1.82) is 0 Å². The Labute approximate surface area is 108 Å². The monoisotopic (exact) mass is 354 g/mol. The molecule has 0 aromatic carbocycles. The molecule has 1 aromatic rings. The fourth-order valence-corrected chi connectivity index (χ4v) is 2.48. The molecule has 5 nitrogen and oxygen atoms in total. The predicted molar refractivity (Wildman–Crippen MR) is 69.1 cm³/mol. The molecular weight excluding hydrogens is 343 g/mol. The highest BCUT2D eigenvalue weighted by Crippen LogP contribution is 2.34. The first kappa shape index (κ1) is 11.9. The third-order valence-corrected chi connectivity index (χ3v) is 3.36. The van der Waals surface area contributed by atoms with Gasteiger partial charge in [0.2, 0.25) is 10.0 Å². The molecule has 0 bridgehead atoms. The molecule has 0 saturated heterocycles. The number of rotatable bonds is 4. The van der Waals surface area contributed by atoms with Crippen LogP contribution in [0.2, 0.25) is 0 Å². The van der Waals surface area contributed by atoms with Crippen molar-refractivity contribution in [3.63, 3.8) is 0 Å². The lowest BCUT2D eigenvalue weighted by atomic mass is 10.4. The summed E-state index contributed by atoms with van der Waals surface area (Å²) in [6.07, 6.45) is 6.49. The lowest BCUT2D eigenvalue weighted by Crippen LogP contribution is -2.13. The molecule has 0 radical (unpaired) electrons. The van der Waals surface area contributed by atoms with Gasteiger partial charge in [0, 0.05) is 6.20 Å². The summed E-state index contributed by atoms with van der Waals surface area (Å²) in [6.45, 7) is 0. The van der Waals surface area contributed by atoms with E-state index in [1.54, 1.807) is 6.20 Å². The van der Waals surface area contributed by atoms with Gasteiger partial charge in [0.1, 0.15) is 5.69 Å². The summed E-state index contributed by atoms with van der Waals surface area (Å²) in [5.74, 6) is 0.500. The predicted octanol–water partition coefficient (Wildman–Crippen LogP) is 1.60. The van der Waals surface area contributed by atoms with Crippen molar-refractivity contribution in [3.8, 4) is 5.75 Å². The molecular formula is C9H11IN2O3S. The molecule has 2 rings (SSSR count). The first-order valence-corrected chi connectivity index (χ1v) is 7.70. The van der Waals surface area contributed by atoms with Crippen molar-refractivity contribution in [2.45, 2.75) is 18.9 Å². The highest BCUT2D eigenvalue weighted by atomic mass is 127. The Morgan fingerprint density at radius 3 is 2.75 bits per heavy atom. The van der Waals surface area contributed by atoms with E-state index >= 15 is 0 Å². The molecule has 0 aliphatic heterocycles. The maximum absolute atomic E-state index is 11.2. The molecule has 1 fully saturated rings. The van der Waals surface area contributed by atoms with E-state index in [-0.39, 0.29) is 6.10 Å². The number of hydrogen-bond donors (Lipinski definition) is 1. The second-order valence-corrected chi connectivity index (χ2v) is 6.60. The smallest absolute Gasteiger partial charge is 0.229 e. The van der Waals surface area contributed by atoms with E-state index in [2.05, 4.69) is 9.71 Å². The SMILES string of the molecule is CS(=O)(=O)Nc1c(I)cncc1OC1CC1. The maximum Gasteiger partial charge on any atom is 0.229 e. The van der Waals surface area contributed by atoms with Crippen molar-refractivity contribution in [3.05, 3.63) is 16.0 Å². The fourth-order valence-electron chi connectivity index (χ4n) is 1.16. The van der Waals surface area contributed by atoms with Gasteiger partial charge in [-0.2, -0.15) is 0 Å². The van der Waals surface area contributed by atoms with Crippen LogP contribution in [-0.2, 0) is 10.0 Å². The van der Waals surface area contributed by atoms with E-state index in [0.717, 1.165) is 22.7 Å². The van der Waals surface area contributed by atoms with Crippen molar-refractivity contribution in [2.75, 3.05) is 11.0 Å². The topological polar surface area (TPSA) is 68.3 Å². The van der Waals surface area contributed by atoms with Crippen LogP contribution in [-0.4, -0.2) is 25.8 Å². The average molecular weight is 354 g/mol. The van der Waals surface area contributed by atoms with E-state index in [1.807, 2.05) is 22.6 Å². The van der Waals surface area contributed by atoms with Crippen LogP contribution < -0.4 is 9.46 Å². The molecule has 1 heterocycles. The summed E-state index contributed by atoms with van der Waals surface area (Å²) in [5.41, 5.74) is 0.477. The maximum atomic E-state index is 11.2. The van der Waals surface area contributed by atoms with Gasteiger partial charge >= 0.3 is 0 Å². The highest BCUT2D eigenvalue weighted by molar-refractivity contribution is 14.1. The zero-order valence-corrected chi connectivity index (χ0v) is 11.6. The zero-order valence-electron chi connectivity index (χ0n) is 8.60. The Kier molecular flexibility index (Phi) is 3.24. The van der Waals surface area contributed by atoms with Crippen LogP contribution in [0.5, 0.6) is 5.75 Å². The van der Waals surface area contributed by atoms with Crippen molar-refractivity contribution in [1.82, 2.24) is 4.98 Å². The third kappa shape index (κ3) is 3.21. The van der Waals surface area contributed by atoms with E-state index in [9.17, 15) is 8.42 Å². The van der Waals surface area contributed by atoms with Gasteiger partial charge in [-0.3, -0.25) is 9.71 Å². The molecule has 1 N–H and O–H groups in total. The van der Waals surface area contributed by atoms with Gasteiger partial charge in [0.25, 0.3) is 0 Å². The number of ether oxygens (including phenoxy) is 1. The van der Waals surface area contributed by atoms with E-state index in [0.29, 0.717) is 11.4 Å². The number of sulfonamides is 1. The molecule has 7 heteroatoms. The summed E-state index contributed by atoms with van der Waals surface area (Å²) in [6, 6.07) is 0. The lowest BCUT2D eigenvalue weighted by molar-refractivity contribution is 0.303. The number of hydrogen-bond acceptors (Lipinski definition) is 4. The van der Waals surface area contributed by atoms with Crippen LogP contribution in [0.4, 0.5) is 5.69 Å². The summed E-state index contributed by atoms with van der Waals surface area (Å²) in [7, 11) is -3.30. The largest absolute Gasteiger partial charge is 0.487 e. The Balaban J connectivity index is 2.31. The van der Waals surface area contributed by atoms with Gasteiger partial charge in [-0.05, 0) is 35.4 Å². The minimum Gasteiger partial charge on any atom is -0.487 e. The van der Waals surface area contributed by atoms with Crippen molar-refractivity contribution >= 4 is 38.3 Å². The molecule has 0 unspecified atom stereocenters. The normalized spacial score (nSPS) is 15.9. The van der Waals surface area contributed by atoms with Gasteiger partial charge in [-0.15, -0.1) is 0 Å². The summed E-state index contributed by atoms with van der Waals surface area (Å²) in [4.78, 5) is 3.99. The van der Waals surface area contributed by atoms with Crippen LogP contribution in [0.1, 0.15) is 12.8 Å². The Morgan fingerprint density at radius 2 is 2.19 bits per heavy atom. The van der Waals surface area contributed by atoms with Crippen molar-refractivity contribution < 1.29 is 13.2 Å². The molecule has 0 atom stereocenters. The van der Waals surface area contributed by atoms with Gasteiger partial charge in [-0.1, -0.05) is 0 Å². The number of aromatic nitrogens is 1. The van der Waals surface area contributed by atoms with E-state index < -0.39 is 10.0 Å². The second-order valence-electron chi connectivity index (χ2n) is 3.69. The van der Waals surface area contributed by atoms with E-state index in [4.69, 9.17) is 4.74 Å². The molecule has 1 aliphatic rings. The van der Waals surface area contributed by atoms with Crippen LogP contribution in [0.25, 0.3) is 0 Å². The standard InChI is InChI=1S/C9H11IN2O3S/c1-16(13,14)12-9-7(10)4-11-5-8(9)15-6-2-3-6/h4-6H,2-3H2,1H3,(H,11,12). The Bertz CT molecular complexity index is 499. The number of anilines is 1. The molecule has 16 heavy (non-hydrogen) atoms. The third-order valence-electron chi connectivity index (χ3n) is 1.97. The fraction of sp³-hybridized carbons (Fsp3) is 0.444. The zero-order chi connectivity index (χ0) is 11.8.